The summed E-state index contributed by atoms with van der Waals surface area (Å²) in [5.74, 6) is -2.72. The van der Waals surface area contributed by atoms with Gasteiger partial charge in [0.05, 0.1) is 6.54 Å². The maximum atomic E-state index is 13.4. The lowest BCUT2D eigenvalue weighted by atomic mass is 10.2. The Labute approximate surface area is 212 Å². The summed E-state index contributed by atoms with van der Waals surface area (Å²) < 4.78 is 49.0. The Bertz CT molecular complexity index is 1350. The molecule has 1 aromatic heterocycles. The average Bonchev–Trinajstić information content (AvgIpc) is 3.16. The molecule has 37 heavy (non-hydrogen) atoms. The van der Waals surface area contributed by atoms with Crippen molar-refractivity contribution < 1.29 is 42.1 Å². The number of imidazole rings is 1. The van der Waals surface area contributed by atoms with Crippen molar-refractivity contribution in [3.63, 3.8) is 0 Å². The molecule has 194 valence electrons. The largest absolute Gasteiger partial charge is 0.573 e. The number of aromatic nitrogens is 2. The van der Waals surface area contributed by atoms with Crippen molar-refractivity contribution in [1.82, 2.24) is 14.5 Å². The number of fused-ring (bicyclic) bond motifs is 1. The quantitative estimate of drug-likeness (QED) is 0.431. The highest BCUT2D eigenvalue weighted by Crippen LogP contribution is 2.36. The van der Waals surface area contributed by atoms with Gasteiger partial charge in [-0.3, -0.25) is 23.9 Å². The van der Waals surface area contributed by atoms with Crippen LogP contribution in [0.1, 0.15) is 16.1 Å². The van der Waals surface area contributed by atoms with Gasteiger partial charge in [-0.2, -0.15) is 4.98 Å². The first-order valence-electron chi connectivity index (χ1n) is 10.6. The summed E-state index contributed by atoms with van der Waals surface area (Å²) in [7, 11) is 1.44. The number of carboxylic acid groups (broad SMARTS) is 1. The van der Waals surface area contributed by atoms with Crippen LogP contribution < -0.4 is 14.4 Å². The maximum absolute atomic E-state index is 13.4. The Morgan fingerprint density at radius 3 is 2.49 bits per heavy atom. The number of carbonyl (C=O) groups excluding carboxylic acids is 2. The first-order valence-corrected chi connectivity index (χ1v) is 10.9. The smallest absolute Gasteiger partial charge is 0.480 e. The Morgan fingerprint density at radius 1 is 1.19 bits per heavy atom. The zero-order chi connectivity index (χ0) is 26.9. The number of alkyl halides is 3. The van der Waals surface area contributed by atoms with E-state index in [0.717, 1.165) is 17.0 Å². The van der Waals surface area contributed by atoms with Crippen molar-refractivity contribution in [2.45, 2.75) is 19.1 Å². The maximum Gasteiger partial charge on any atom is 0.573 e. The predicted molar refractivity (Wildman–Crippen MR) is 123 cm³/mol. The van der Waals surface area contributed by atoms with E-state index in [9.17, 15) is 32.7 Å². The van der Waals surface area contributed by atoms with Gasteiger partial charge >= 0.3 is 18.3 Å². The number of benzene rings is 2. The lowest BCUT2D eigenvalue weighted by Gasteiger charge is -2.38. The molecule has 10 nitrogen and oxygen atoms in total. The van der Waals surface area contributed by atoms with E-state index in [0.29, 0.717) is 16.9 Å². The van der Waals surface area contributed by atoms with E-state index in [4.69, 9.17) is 16.3 Å². The van der Waals surface area contributed by atoms with Crippen LogP contribution >= 0.6 is 11.6 Å². The minimum absolute atomic E-state index is 0.000174. The van der Waals surface area contributed by atoms with E-state index in [1.165, 1.54) is 28.6 Å². The SMILES string of the molecule is CN1c2nc(Oc3cccc(OC(F)(F)F)c3)n(Cc3ccc(Cl)cc3)c2C(=O)N(CC(=O)O)C1C=O. The number of rotatable bonds is 8. The van der Waals surface area contributed by atoms with Gasteiger partial charge in [0.1, 0.15) is 18.0 Å². The lowest BCUT2D eigenvalue weighted by Crippen LogP contribution is -2.56. The van der Waals surface area contributed by atoms with E-state index in [2.05, 4.69) is 9.72 Å². The second-order valence-electron chi connectivity index (χ2n) is 7.89. The second kappa shape index (κ2) is 10.0. The molecule has 0 saturated carbocycles. The highest BCUT2D eigenvalue weighted by Gasteiger charge is 2.42. The molecule has 14 heteroatoms. The van der Waals surface area contributed by atoms with Crippen LogP contribution in [-0.4, -0.2) is 63.8 Å². The molecule has 4 rings (SSSR count). The van der Waals surface area contributed by atoms with Crippen LogP contribution in [0.4, 0.5) is 19.0 Å². The van der Waals surface area contributed by atoms with E-state index in [1.54, 1.807) is 24.3 Å². The van der Waals surface area contributed by atoms with Crippen LogP contribution in [0.15, 0.2) is 48.5 Å². The van der Waals surface area contributed by atoms with Crippen LogP contribution in [0.3, 0.4) is 0 Å². The standard InChI is InChI=1S/C23H18ClF3N4O6/c1-29-17(12-32)30(11-18(33)34)21(35)19-20(29)28-22(31(19)10-13-5-7-14(24)8-6-13)36-15-3-2-4-16(9-15)37-23(25,26)27/h2-9,12,17H,10-11H2,1H3,(H,33,34). The van der Waals surface area contributed by atoms with Crippen LogP contribution in [0.2, 0.25) is 5.02 Å². The molecule has 0 saturated heterocycles. The van der Waals surface area contributed by atoms with Crippen LogP contribution in [0.25, 0.3) is 0 Å². The predicted octanol–water partition coefficient (Wildman–Crippen LogP) is 3.78. The van der Waals surface area contributed by atoms with E-state index >= 15 is 0 Å². The van der Waals surface area contributed by atoms with E-state index < -0.39 is 36.7 Å². The fourth-order valence-electron chi connectivity index (χ4n) is 3.78. The molecule has 1 N–H and O–H groups in total. The highest BCUT2D eigenvalue weighted by molar-refractivity contribution is 6.30. The van der Waals surface area contributed by atoms with Crippen molar-refractivity contribution in [3.8, 4) is 17.5 Å². The number of hydrogen-bond donors (Lipinski definition) is 1. The molecule has 1 unspecified atom stereocenters. The minimum Gasteiger partial charge on any atom is -0.480 e. The number of halogens is 4. The molecule has 0 radical (unpaired) electrons. The molecular formula is C23H18ClF3N4O6. The number of nitrogens with zero attached hydrogens (tertiary/aromatic N) is 4. The number of aldehydes is 1. The summed E-state index contributed by atoms with van der Waals surface area (Å²) in [4.78, 5) is 43.1. The van der Waals surface area contributed by atoms with Gasteiger partial charge in [-0.1, -0.05) is 29.8 Å². The highest BCUT2D eigenvalue weighted by atomic mass is 35.5. The fraction of sp³-hybridized carbons (Fsp3) is 0.217. The molecule has 3 aromatic rings. The molecule has 0 bridgehead atoms. The third-order valence-electron chi connectivity index (χ3n) is 5.36. The van der Waals surface area contributed by atoms with E-state index in [1.807, 2.05) is 0 Å². The lowest BCUT2D eigenvalue weighted by molar-refractivity contribution is -0.274. The number of hydrogen-bond acceptors (Lipinski definition) is 7. The second-order valence-corrected chi connectivity index (χ2v) is 8.33. The summed E-state index contributed by atoms with van der Waals surface area (Å²) in [6, 6.07) is 11.1. The van der Waals surface area contributed by atoms with Gasteiger partial charge in [-0.15, -0.1) is 13.2 Å². The molecule has 0 spiro atoms. The van der Waals surface area contributed by atoms with Gasteiger partial charge in [0.2, 0.25) is 0 Å². The normalized spacial score (nSPS) is 15.4. The van der Waals surface area contributed by atoms with Crippen molar-refractivity contribution in [2.75, 3.05) is 18.5 Å². The molecule has 2 aromatic carbocycles. The number of anilines is 1. The van der Waals surface area contributed by atoms with Gasteiger partial charge in [-0.25, -0.2) is 0 Å². The summed E-state index contributed by atoms with van der Waals surface area (Å²) in [5, 5.41) is 9.75. The number of ether oxygens (including phenoxy) is 2. The number of carbonyl (C=O) groups is 3. The van der Waals surface area contributed by atoms with Crippen molar-refractivity contribution in [2.24, 2.45) is 0 Å². The Hall–Kier alpha value is -4.26. The van der Waals surface area contributed by atoms with Gasteiger partial charge in [0.25, 0.3) is 5.91 Å². The third kappa shape index (κ3) is 5.61. The number of aliphatic carboxylic acids is 1. The molecule has 1 aliphatic heterocycles. The average molecular weight is 539 g/mol. The number of carboxylic acids is 1. The first-order chi connectivity index (χ1) is 17.5. The van der Waals surface area contributed by atoms with Crippen molar-refractivity contribution >= 4 is 35.6 Å². The Kier molecular flexibility index (Phi) is 6.99. The van der Waals surface area contributed by atoms with Crippen molar-refractivity contribution in [3.05, 3.63) is 64.8 Å². The summed E-state index contributed by atoms with van der Waals surface area (Å²) >= 11 is 5.96. The molecular weight excluding hydrogens is 521 g/mol. The summed E-state index contributed by atoms with van der Waals surface area (Å²) in [6.45, 7) is -0.759. The zero-order valence-corrected chi connectivity index (χ0v) is 19.7. The summed E-state index contributed by atoms with van der Waals surface area (Å²) in [6.07, 6.45) is -5.77. The number of amides is 1. The van der Waals surface area contributed by atoms with Crippen LogP contribution in [0, 0.1) is 0 Å². The fourth-order valence-corrected chi connectivity index (χ4v) is 3.91. The van der Waals surface area contributed by atoms with Gasteiger partial charge in [0.15, 0.2) is 24.0 Å². The molecule has 2 heterocycles. The molecule has 0 fully saturated rings. The Balaban J connectivity index is 1.81. The van der Waals surface area contributed by atoms with Crippen LogP contribution in [-0.2, 0) is 16.1 Å². The molecule has 1 aliphatic rings. The Morgan fingerprint density at radius 2 is 1.86 bits per heavy atom. The molecule has 1 atom stereocenters. The third-order valence-corrected chi connectivity index (χ3v) is 5.61. The van der Waals surface area contributed by atoms with Gasteiger partial charge < -0.3 is 19.5 Å². The first kappa shape index (κ1) is 25.8. The number of likely N-dealkylation sites (N-methyl/N-ethyl adjacent to an activating group) is 1. The molecule has 0 aliphatic carbocycles. The topological polar surface area (TPSA) is 114 Å². The van der Waals surface area contributed by atoms with E-state index in [-0.39, 0.29) is 29.8 Å². The summed E-state index contributed by atoms with van der Waals surface area (Å²) in [5.41, 5.74) is 0.579. The minimum atomic E-state index is -4.92. The van der Waals surface area contributed by atoms with Crippen molar-refractivity contribution in [1.29, 1.82) is 0 Å². The van der Waals surface area contributed by atoms with Gasteiger partial charge in [-0.05, 0) is 29.8 Å². The van der Waals surface area contributed by atoms with Gasteiger partial charge in [0, 0.05) is 18.1 Å². The van der Waals surface area contributed by atoms with Crippen LogP contribution in [0.5, 0.6) is 17.5 Å². The molecule has 1 amide bonds. The zero-order valence-electron chi connectivity index (χ0n) is 19.0. The monoisotopic (exact) mass is 538 g/mol.